The van der Waals surface area contributed by atoms with Gasteiger partial charge < -0.3 is 0 Å². The van der Waals surface area contributed by atoms with Crippen LogP contribution >= 0.6 is 0 Å². The molecule has 0 fully saturated rings. The Morgan fingerprint density at radius 2 is 1.23 bits per heavy atom. The van der Waals surface area contributed by atoms with Gasteiger partial charge in [0.25, 0.3) is 0 Å². The molecule has 0 N–H and O–H groups in total. The van der Waals surface area contributed by atoms with Crippen LogP contribution in [0.4, 0.5) is 0 Å². The fourth-order valence-corrected chi connectivity index (χ4v) is 1.18. The topological polar surface area (TPSA) is 0 Å². The molecule has 0 amide bonds. The quantitative estimate of drug-likeness (QED) is 0.369. The van der Waals surface area contributed by atoms with Crippen LogP contribution in [-0.4, -0.2) is 0 Å². The van der Waals surface area contributed by atoms with Gasteiger partial charge in [-0.15, -0.1) is 0 Å². The molecule has 0 aromatic carbocycles. The molecule has 0 spiro atoms. The Labute approximate surface area is 83.7 Å². The van der Waals surface area contributed by atoms with Gasteiger partial charge in [-0.1, -0.05) is 63.8 Å². The van der Waals surface area contributed by atoms with Gasteiger partial charge in [0.1, 0.15) is 0 Å². The first kappa shape index (κ1) is 12.5. The molecule has 0 radical (unpaired) electrons. The van der Waals surface area contributed by atoms with Gasteiger partial charge in [0, 0.05) is 0 Å². The first-order valence-corrected chi connectivity index (χ1v) is 5.73. The Bertz CT molecular complexity index is 131. The minimum absolute atomic E-state index is 1.23. The van der Waals surface area contributed by atoms with Crippen molar-refractivity contribution in [2.24, 2.45) is 0 Å². The second-order valence-corrected chi connectivity index (χ2v) is 3.49. The smallest absolute Gasteiger partial charge is 0.0348 e. The van der Waals surface area contributed by atoms with Crippen molar-refractivity contribution in [3.8, 4) is 0 Å². The van der Waals surface area contributed by atoms with Crippen molar-refractivity contribution >= 4 is 0 Å². The third-order valence-corrected chi connectivity index (χ3v) is 2.08. The van der Waals surface area contributed by atoms with Gasteiger partial charge in [-0.2, -0.15) is 0 Å². The van der Waals surface area contributed by atoms with E-state index in [4.69, 9.17) is 0 Å². The van der Waals surface area contributed by atoms with E-state index < -0.39 is 0 Å². The van der Waals surface area contributed by atoms with Gasteiger partial charge >= 0.3 is 0 Å². The summed E-state index contributed by atoms with van der Waals surface area (Å²) in [6, 6.07) is 0. The van der Waals surface area contributed by atoms with Gasteiger partial charge in [-0.3, -0.25) is 0 Å². The van der Waals surface area contributed by atoms with Crippen LogP contribution in [0.5, 0.6) is 0 Å². The van der Waals surface area contributed by atoms with Crippen LogP contribution in [0.1, 0.15) is 58.8 Å². The highest BCUT2D eigenvalue weighted by Gasteiger charge is 1.80. The molecule has 0 aliphatic rings. The summed E-state index contributed by atoms with van der Waals surface area (Å²) in [5.74, 6) is 0. The molecule has 0 aromatic heterocycles. The van der Waals surface area contributed by atoms with Crippen LogP contribution in [0, 0.1) is 0 Å². The van der Waals surface area contributed by atoms with Gasteiger partial charge in [0.2, 0.25) is 0 Å². The standard InChI is InChI=1S/C13H24/c1-3-5-7-9-11-13-12-10-8-6-4-2/h9,11-13H,3-8,10H2,1-2H3. The van der Waals surface area contributed by atoms with Crippen molar-refractivity contribution in [1.29, 1.82) is 0 Å². The fourth-order valence-electron chi connectivity index (χ4n) is 1.18. The van der Waals surface area contributed by atoms with Crippen molar-refractivity contribution in [3.05, 3.63) is 24.3 Å². The molecule has 0 aliphatic carbocycles. The van der Waals surface area contributed by atoms with Gasteiger partial charge in [0.15, 0.2) is 0 Å². The number of allylic oxidation sites excluding steroid dienone is 4. The molecule has 0 saturated heterocycles. The van der Waals surface area contributed by atoms with Gasteiger partial charge in [0.05, 0.1) is 0 Å². The Morgan fingerprint density at radius 3 is 1.77 bits per heavy atom. The Balaban J connectivity index is 3.15. The maximum atomic E-state index is 2.28. The zero-order valence-corrected chi connectivity index (χ0v) is 9.26. The normalized spacial score (nSPS) is 11.8. The molecule has 0 heterocycles. The molecular weight excluding hydrogens is 156 g/mol. The largest absolute Gasteiger partial charge is 0.0845 e. The summed E-state index contributed by atoms with van der Waals surface area (Å²) in [6.45, 7) is 4.47. The molecule has 0 atom stereocenters. The molecule has 0 aliphatic heterocycles. The highest BCUT2D eigenvalue weighted by atomic mass is 13.9. The predicted molar refractivity (Wildman–Crippen MR) is 61.9 cm³/mol. The molecule has 13 heavy (non-hydrogen) atoms. The molecule has 0 saturated carbocycles. The minimum atomic E-state index is 1.23. The van der Waals surface area contributed by atoms with Crippen LogP contribution in [0.3, 0.4) is 0 Å². The summed E-state index contributed by atoms with van der Waals surface area (Å²) in [5, 5.41) is 0. The van der Waals surface area contributed by atoms with E-state index in [-0.39, 0.29) is 0 Å². The Kier molecular flexibility index (Phi) is 11.0. The lowest BCUT2D eigenvalue weighted by Gasteiger charge is -1.90. The van der Waals surface area contributed by atoms with E-state index in [2.05, 4.69) is 38.2 Å². The predicted octanol–water partition coefficient (Wildman–Crippen LogP) is 4.87. The third-order valence-electron chi connectivity index (χ3n) is 2.08. The van der Waals surface area contributed by atoms with E-state index in [1.807, 2.05) is 0 Å². The SMILES string of the molecule is CCCCC=CC=CCCCCC. The lowest BCUT2D eigenvalue weighted by atomic mass is 10.2. The second-order valence-electron chi connectivity index (χ2n) is 3.49. The number of rotatable bonds is 8. The van der Waals surface area contributed by atoms with Crippen molar-refractivity contribution in [2.45, 2.75) is 58.8 Å². The molecule has 0 unspecified atom stereocenters. The lowest BCUT2D eigenvalue weighted by molar-refractivity contribution is 0.729. The summed E-state index contributed by atoms with van der Waals surface area (Å²) in [4.78, 5) is 0. The third kappa shape index (κ3) is 11.5. The van der Waals surface area contributed by atoms with Crippen molar-refractivity contribution < 1.29 is 0 Å². The van der Waals surface area contributed by atoms with Gasteiger partial charge in [-0.05, 0) is 19.3 Å². The number of hydrogen-bond donors (Lipinski definition) is 0. The molecule has 0 aromatic rings. The van der Waals surface area contributed by atoms with Crippen molar-refractivity contribution in [1.82, 2.24) is 0 Å². The van der Waals surface area contributed by atoms with E-state index in [1.165, 1.54) is 44.9 Å². The van der Waals surface area contributed by atoms with E-state index in [9.17, 15) is 0 Å². The average molecular weight is 180 g/mol. The maximum absolute atomic E-state index is 2.28. The summed E-state index contributed by atoms with van der Waals surface area (Å²) in [5.41, 5.74) is 0. The Hall–Kier alpha value is -0.520. The van der Waals surface area contributed by atoms with Crippen LogP contribution in [0.15, 0.2) is 24.3 Å². The maximum Gasteiger partial charge on any atom is -0.0348 e. The second kappa shape index (κ2) is 11.5. The summed E-state index contributed by atoms with van der Waals surface area (Å²) in [7, 11) is 0. The van der Waals surface area contributed by atoms with Crippen LogP contribution in [0.25, 0.3) is 0 Å². The summed E-state index contributed by atoms with van der Waals surface area (Å²) < 4.78 is 0. The van der Waals surface area contributed by atoms with Crippen LogP contribution < -0.4 is 0 Å². The number of unbranched alkanes of at least 4 members (excludes halogenated alkanes) is 5. The van der Waals surface area contributed by atoms with E-state index in [1.54, 1.807) is 0 Å². The molecule has 0 nitrogen and oxygen atoms in total. The zero-order chi connectivity index (χ0) is 9.78. The molecule has 0 rings (SSSR count). The van der Waals surface area contributed by atoms with Crippen molar-refractivity contribution in [3.63, 3.8) is 0 Å². The summed E-state index contributed by atoms with van der Waals surface area (Å²) >= 11 is 0. The highest BCUT2D eigenvalue weighted by Crippen LogP contribution is 2.00. The summed E-state index contributed by atoms with van der Waals surface area (Å²) in [6.07, 6.45) is 18.0. The minimum Gasteiger partial charge on any atom is -0.0845 e. The lowest BCUT2D eigenvalue weighted by Crippen LogP contribution is -1.70. The monoisotopic (exact) mass is 180 g/mol. The van der Waals surface area contributed by atoms with Crippen LogP contribution in [0.2, 0.25) is 0 Å². The highest BCUT2D eigenvalue weighted by molar-refractivity contribution is 5.02. The van der Waals surface area contributed by atoms with E-state index >= 15 is 0 Å². The first-order valence-electron chi connectivity index (χ1n) is 5.73. The average Bonchev–Trinajstić information content (AvgIpc) is 2.16. The molecular formula is C13H24. The van der Waals surface area contributed by atoms with E-state index in [0.29, 0.717) is 0 Å². The molecule has 76 valence electrons. The van der Waals surface area contributed by atoms with Crippen molar-refractivity contribution in [2.75, 3.05) is 0 Å². The number of hydrogen-bond acceptors (Lipinski definition) is 0. The molecule has 0 heteroatoms. The van der Waals surface area contributed by atoms with Gasteiger partial charge in [-0.25, -0.2) is 0 Å². The van der Waals surface area contributed by atoms with Crippen LogP contribution in [-0.2, 0) is 0 Å². The zero-order valence-electron chi connectivity index (χ0n) is 9.26. The Morgan fingerprint density at radius 1 is 0.692 bits per heavy atom. The molecule has 0 bridgehead atoms. The fraction of sp³-hybridized carbons (Fsp3) is 0.692. The van der Waals surface area contributed by atoms with E-state index in [0.717, 1.165) is 0 Å². The first-order chi connectivity index (χ1) is 6.41.